The van der Waals surface area contributed by atoms with Gasteiger partial charge >= 0.3 is 0 Å². The van der Waals surface area contributed by atoms with E-state index >= 15 is 0 Å². The lowest BCUT2D eigenvalue weighted by atomic mass is 9.91. The summed E-state index contributed by atoms with van der Waals surface area (Å²) >= 11 is 0. The number of allylic oxidation sites excluding steroid dienone is 2. The molecule has 0 saturated heterocycles. The Morgan fingerprint density at radius 1 is 0.737 bits per heavy atom. The van der Waals surface area contributed by atoms with Crippen molar-refractivity contribution in [3.05, 3.63) is 65.7 Å². The molecule has 0 saturated carbocycles. The van der Waals surface area contributed by atoms with Crippen LogP contribution in [-0.4, -0.2) is 0 Å². The first-order valence-corrected chi connectivity index (χ1v) is 6.89. The smallest absolute Gasteiger partial charge is 0.0314 e. The molecule has 0 spiro atoms. The average Bonchev–Trinajstić information content (AvgIpc) is 2.47. The summed E-state index contributed by atoms with van der Waals surface area (Å²) in [6, 6.07) is 18.8. The molecule has 0 fully saturated rings. The van der Waals surface area contributed by atoms with Gasteiger partial charge in [0.15, 0.2) is 0 Å². The maximum absolute atomic E-state index is 5.77. The van der Waals surface area contributed by atoms with Gasteiger partial charge in [-0.2, -0.15) is 0 Å². The van der Waals surface area contributed by atoms with Gasteiger partial charge in [-0.25, -0.2) is 0 Å². The number of hydrogen-bond acceptors (Lipinski definition) is 1. The van der Waals surface area contributed by atoms with Crippen LogP contribution in [-0.2, 0) is 0 Å². The summed E-state index contributed by atoms with van der Waals surface area (Å²) in [6.07, 6.45) is 2.07. The van der Waals surface area contributed by atoms with Crippen molar-refractivity contribution in [2.75, 3.05) is 5.73 Å². The molecule has 0 heterocycles. The maximum Gasteiger partial charge on any atom is 0.0314 e. The van der Waals surface area contributed by atoms with Crippen molar-refractivity contribution in [3.8, 4) is 0 Å². The quantitative estimate of drug-likeness (QED) is 0.600. The van der Waals surface area contributed by atoms with E-state index in [1.54, 1.807) is 0 Å². The van der Waals surface area contributed by atoms with Crippen LogP contribution in [0, 0.1) is 0 Å². The highest BCUT2D eigenvalue weighted by molar-refractivity contribution is 5.90. The molecule has 0 aliphatic heterocycles. The molecule has 1 heteroatoms. The molecule has 0 amide bonds. The van der Waals surface area contributed by atoms with Crippen LogP contribution in [0.1, 0.15) is 37.8 Å². The zero-order valence-corrected chi connectivity index (χ0v) is 11.7. The molecule has 0 aliphatic rings. The number of hydrogen-bond donors (Lipinski definition) is 1. The first-order valence-electron chi connectivity index (χ1n) is 6.89. The summed E-state index contributed by atoms with van der Waals surface area (Å²) in [5.41, 5.74) is 12.0. The summed E-state index contributed by atoms with van der Waals surface area (Å²) < 4.78 is 0. The fraction of sp³-hybridized carbons (Fsp3) is 0.222. The molecule has 0 unspecified atom stereocenters. The Morgan fingerprint density at radius 3 is 1.68 bits per heavy atom. The van der Waals surface area contributed by atoms with Crippen LogP contribution in [0.3, 0.4) is 0 Å². The van der Waals surface area contributed by atoms with Crippen LogP contribution in [0.25, 0.3) is 11.1 Å². The molecular formula is C18H21N. The molecule has 0 aromatic heterocycles. The average molecular weight is 251 g/mol. The summed E-state index contributed by atoms with van der Waals surface area (Å²) in [4.78, 5) is 0. The van der Waals surface area contributed by atoms with Gasteiger partial charge in [-0.15, -0.1) is 0 Å². The van der Waals surface area contributed by atoms with Gasteiger partial charge < -0.3 is 5.73 Å². The molecular weight excluding hydrogens is 230 g/mol. The van der Waals surface area contributed by atoms with E-state index in [1.807, 2.05) is 12.1 Å². The van der Waals surface area contributed by atoms with Gasteiger partial charge in [0.2, 0.25) is 0 Å². The lowest BCUT2D eigenvalue weighted by molar-refractivity contribution is 1.18. The van der Waals surface area contributed by atoms with Gasteiger partial charge in [0.1, 0.15) is 0 Å². The van der Waals surface area contributed by atoms with Crippen molar-refractivity contribution in [2.24, 2.45) is 0 Å². The second-order valence-electron chi connectivity index (χ2n) is 4.65. The van der Waals surface area contributed by atoms with Crippen LogP contribution in [0.4, 0.5) is 5.69 Å². The second kappa shape index (κ2) is 6.24. The molecule has 2 aromatic carbocycles. The molecule has 0 atom stereocenters. The summed E-state index contributed by atoms with van der Waals surface area (Å²) in [5.74, 6) is 0. The van der Waals surface area contributed by atoms with E-state index in [0.717, 1.165) is 18.5 Å². The van der Waals surface area contributed by atoms with Crippen LogP contribution < -0.4 is 5.73 Å². The highest BCUT2D eigenvalue weighted by atomic mass is 14.5. The molecule has 1 nitrogen and oxygen atoms in total. The SMILES string of the molecule is CCC(=C(CC)c1ccc(N)cc1)c1ccccc1. The monoisotopic (exact) mass is 251 g/mol. The van der Waals surface area contributed by atoms with Crippen LogP contribution in [0.15, 0.2) is 54.6 Å². The molecule has 19 heavy (non-hydrogen) atoms. The lowest BCUT2D eigenvalue weighted by Crippen LogP contribution is -1.92. The first-order chi connectivity index (χ1) is 9.26. The molecule has 2 N–H and O–H groups in total. The Morgan fingerprint density at radius 2 is 1.21 bits per heavy atom. The summed E-state index contributed by atoms with van der Waals surface area (Å²) in [7, 11) is 0. The van der Waals surface area contributed by atoms with E-state index in [4.69, 9.17) is 5.73 Å². The minimum Gasteiger partial charge on any atom is -0.399 e. The number of nitrogen functional groups attached to an aromatic ring is 1. The zero-order chi connectivity index (χ0) is 13.7. The van der Waals surface area contributed by atoms with E-state index in [0.29, 0.717) is 0 Å². The van der Waals surface area contributed by atoms with Crippen molar-refractivity contribution < 1.29 is 0 Å². The maximum atomic E-state index is 5.77. The normalized spacial score (nSPS) is 12.1. The summed E-state index contributed by atoms with van der Waals surface area (Å²) in [6.45, 7) is 4.43. The fourth-order valence-electron chi connectivity index (χ4n) is 2.51. The van der Waals surface area contributed by atoms with E-state index < -0.39 is 0 Å². The van der Waals surface area contributed by atoms with Crippen molar-refractivity contribution in [2.45, 2.75) is 26.7 Å². The third-order valence-corrected chi connectivity index (χ3v) is 3.45. The van der Waals surface area contributed by atoms with Crippen molar-refractivity contribution >= 4 is 16.8 Å². The molecule has 0 bridgehead atoms. The minimum atomic E-state index is 0.817. The van der Waals surface area contributed by atoms with Gasteiger partial charge in [0, 0.05) is 5.69 Å². The molecule has 98 valence electrons. The third kappa shape index (κ3) is 3.05. The Bertz CT molecular complexity index is 550. The Balaban J connectivity index is 2.53. The van der Waals surface area contributed by atoms with Crippen LogP contribution >= 0.6 is 0 Å². The molecule has 0 radical (unpaired) electrons. The third-order valence-electron chi connectivity index (χ3n) is 3.45. The van der Waals surface area contributed by atoms with Gasteiger partial charge in [-0.3, -0.25) is 0 Å². The number of anilines is 1. The first kappa shape index (κ1) is 13.4. The van der Waals surface area contributed by atoms with E-state index in [2.05, 4.69) is 56.3 Å². The minimum absolute atomic E-state index is 0.817. The predicted molar refractivity (Wildman–Crippen MR) is 84.7 cm³/mol. The number of nitrogens with two attached hydrogens (primary N) is 1. The predicted octanol–water partition coefficient (Wildman–Crippen LogP) is 5.00. The standard InChI is InChI=1S/C18H21N/c1-3-17(14-8-6-5-7-9-14)18(4-2)15-10-12-16(19)13-11-15/h5-13H,3-4,19H2,1-2H3. The van der Waals surface area contributed by atoms with Crippen molar-refractivity contribution in [1.82, 2.24) is 0 Å². The van der Waals surface area contributed by atoms with Gasteiger partial charge in [0.25, 0.3) is 0 Å². The Labute approximate surface area is 115 Å². The van der Waals surface area contributed by atoms with E-state index in [1.165, 1.54) is 22.3 Å². The number of rotatable bonds is 4. The van der Waals surface area contributed by atoms with Gasteiger partial charge in [-0.1, -0.05) is 56.3 Å². The van der Waals surface area contributed by atoms with E-state index in [9.17, 15) is 0 Å². The molecule has 2 rings (SSSR count). The number of benzene rings is 2. The van der Waals surface area contributed by atoms with Gasteiger partial charge in [-0.05, 0) is 47.2 Å². The summed E-state index contributed by atoms with van der Waals surface area (Å²) in [5, 5.41) is 0. The van der Waals surface area contributed by atoms with Crippen LogP contribution in [0.2, 0.25) is 0 Å². The fourth-order valence-corrected chi connectivity index (χ4v) is 2.51. The van der Waals surface area contributed by atoms with Crippen LogP contribution in [0.5, 0.6) is 0 Å². The Hall–Kier alpha value is -2.02. The van der Waals surface area contributed by atoms with Gasteiger partial charge in [0.05, 0.1) is 0 Å². The lowest BCUT2D eigenvalue weighted by Gasteiger charge is -2.14. The molecule has 0 aliphatic carbocycles. The molecule has 2 aromatic rings. The van der Waals surface area contributed by atoms with Crippen molar-refractivity contribution in [3.63, 3.8) is 0 Å². The highest BCUT2D eigenvalue weighted by Crippen LogP contribution is 2.31. The Kier molecular flexibility index (Phi) is 4.40. The largest absolute Gasteiger partial charge is 0.399 e. The van der Waals surface area contributed by atoms with Crippen molar-refractivity contribution in [1.29, 1.82) is 0 Å². The van der Waals surface area contributed by atoms with E-state index in [-0.39, 0.29) is 0 Å². The highest BCUT2D eigenvalue weighted by Gasteiger charge is 2.08. The topological polar surface area (TPSA) is 26.0 Å². The second-order valence-corrected chi connectivity index (χ2v) is 4.65. The zero-order valence-electron chi connectivity index (χ0n) is 11.7.